The molecule has 1 atom stereocenters. The van der Waals surface area contributed by atoms with Crippen LogP contribution in [-0.2, 0) is 0 Å². The second-order valence-electron chi connectivity index (χ2n) is 4.34. The van der Waals surface area contributed by atoms with Crippen LogP contribution in [0.4, 0.5) is 10.6 Å². The Morgan fingerprint density at radius 3 is 2.94 bits per heavy atom. The van der Waals surface area contributed by atoms with Crippen molar-refractivity contribution in [2.24, 2.45) is 0 Å². The first-order chi connectivity index (χ1) is 7.66. The number of carbonyl (C=O) groups excluding carboxylic acids is 1. The van der Waals surface area contributed by atoms with Gasteiger partial charge >= 0.3 is 6.03 Å². The van der Waals surface area contributed by atoms with E-state index in [4.69, 9.17) is 0 Å². The largest absolute Gasteiger partial charge is 0.323 e. The van der Waals surface area contributed by atoms with Crippen LogP contribution in [0.3, 0.4) is 0 Å². The second kappa shape index (κ2) is 4.51. The SMILES string of the molecule is Cc1ccc(NC(=O)N2CCCC2C)nc1. The number of nitrogens with zero attached hydrogens (tertiary/aromatic N) is 2. The van der Waals surface area contributed by atoms with Crippen LogP contribution in [0.25, 0.3) is 0 Å². The van der Waals surface area contributed by atoms with E-state index in [1.165, 1.54) is 0 Å². The lowest BCUT2D eigenvalue weighted by molar-refractivity contribution is 0.210. The molecule has 16 heavy (non-hydrogen) atoms. The lowest BCUT2D eigenvalue weighted by Crippen LogP contribution is -2.37. The highest BCUT2D eigenvalue weighted by atomic mass is 16.2. The molecule has 0 spiro atoms. The summed E-state index contributed by atoms with van der Waals surface area (Å²) in [7, 11) is 0. The molecule has 2 amide bonds. The predicted octanol–water partition coefficient (Wildman–Crippen LogP) is 2.41. The monoisotopic (exact) mass is 219 g/mol. The molecule has 2 rings (SSSR count). The number of hydrogen-bond acceptors (Lipinski definition) is 2. The topological polar surface area (TPSA) is 45.2 Å². The molecule has 1 aliphatic heterocycles. The molecule has 0 aromatic carbocycles. The van der Waals surface area contributed by atoms with Crippen LogP contribution in [0.2, 0.25) is 0 Å². The van der Waals surface area contributed by atoms with Crippen LogP contribution < -0.4 is 5.32 Å². The van der Waals surface area contributed by atoms with Gasteiger partial charge in [-0.2, -0.15) is 0 Å². The number of pyridine rings is 1. The highest BCUT2D eigenvalue weighted by Gasteiger charge is 2.24. The minimum atomic E-state index is -0.0404. The Bertz CT molecular complexity index is 374. The summed E-state index contributed by atoms with van der Waals surface area (Å²) in [6, 6.07) is 4.07. The Hall–Kier alpha value is -1.58. The number of likely N-dealkylation sites (tertiary alicyclic amines) is 1. The third kappa shape index (κ3) is 2.32. The maximum atomic E-state index is 11.9. The van der Waals surface area contributed by atoms with E-state index in [-0.39, 0.29) is 6.03 Å². The molecule has 4 nitrogen and oxygen atoms in total. The molecule has 0 radical (unpaired) electrons. The summed E-state index contributed by atoms with van der Waals surface area (Å²) < 4.78 is 0. The molecule has 1 saturated heterocycles. The number of carbonyl (C=O) groups is 1. The smallest absolute Gasteiger partial charge is 0.322 e. The summed E-state index contributed by atoms with van der Waals surface area (Å²) in [5, 5.41) is 2.82. The number of rotatable bonds is 1. The zero-order chi connectivity index (χ0) is 11.5. The van der Waals surface area contributed by atoms with Crippen molar-refractivity contribution in [3.63, 3.8) is 0 Å². The van der Waals surface area contributed by atoms with Crippen LogP contribution in [0.1, 0.15) is 25.3 Å². The zero-order valence-corrected chi connectivity index (χ0v) is 9.73. The fraction of sp³-hybridized carbons (Fsp3) is 0.500. The van der Waals surface area contributed by atoms with E-state index in [9.17, 15) is 4.79 Å². The number of nitrogens with one attached hydrogen (secondary N) is 1. The van der Waals surface area contributed by atoms with Gasteiger partial charge in [0.1, 0.15) is 5.82 Å². The maximum Gasteiger partial charge on any atom is 0.323 e. The van der Waals surface area contributed by atoms with Crippen molar-refractivity contribution in [2.45, 2.75) is 32.7 Å². The van der Waals surface area contributed by atoms with Crippen LogP contribution in [0.15, 0.2) is 18.3 Å². The standard InChI is InChI=1S/C12H17N3O/c1-9-5-6-11(13-8-9)14-12(16)15-7-3-4-10(15)2/h5-6,8,10H,3-4,7H2,1-2H3,(H,13,14,16). The molecular weight excluding hydrogens is 202 g/mol. The normalized spacial score (nSPS) is 19.9. The molecule has 4 heteroatoms. The Morgan fingerprint density at radius 2 is 2.38 bits per heavy atom. The van der Waals surface area contributed by atoms with Crippen molar-refractivity contribution in [3.8, 4) is 0 Å². The fourth-order valence-corrected chi connectivity index (χ4v) is 1.96. The Kier molecular flexibility index (Phi) is 3.08. The summed E-state index contributed by atoms with van der Waals surface area (Å²) in [4.78, 5) is 17.9. The van der Waals surface area contributed by atoms with E-state index < -0.39 is 0 Å². The third-order valence-corrected chi connectivity index (χ3v) is 2.96. The Labute approximate surface area is 95.7 Å². The molecule has 86 valence electrons. The van der Waals surface area contributed by atoms with Gasteiger partial charge in [-0.05, 0) is 38.3 Å². The zero-order valence-electron chi connectivity index (χ0n) is 9.73. The number of anilines is 1. The summed E-state index contributed by atoms with van der Waals surface area (Å²) in [5.74, 6) is 0.620. The highest BCUT2D eigenvalue weighted by Crippen LogP contribution is 2.17. The number of hydrogen-bond donors (Lipinski definition) is 1. The summed E-state index contributed by atoms with van der Waals surface area (Å²) in [6.45, 7) is 4.90. The van der Waals surface area contributed by atoms with Gasteiger partial charge < -0.3 is 4.90 Å². The van der Waals surface area contributed by atoms with E-state index in [1.54, 1.807) is 6.20 Å². The van der Waals surface area contributed by atoms with E-state index in [1.807, 2.05) is 24.0 Å². The molecule has 1 aromatic rings. The molecule has 1 aromatic heterocycles. The van der Waals surface area contributed by atoms with Crippen molar-refractivity contribution in [1.82, 2.24) is 9.88 Å². The Morgan fingerprint density at radius 1 is 1.56 bits per heavy atom. The summed E-state index contributed by atoms with van der Waals surface area (Å²) in [6.07, 6.45) is 3.94. The van der Waals surface area contributed by atoms with Gasteiger partial charge in [-0.15, -0.1) is 0 Å². The summed E-state index contributed by atoms with van der Waals surface area (Å²) >= 11 is 0. The van der Waals surface area contributed by atoms with Gasteiger partial charge in [-0.25, -0.2) is 9.78 Å². The Balaban J connectivity index is 1.99. The van der Waals surface area contributed by atoms with Gasteiger partial charge in [0.25, 0.3) is 0 Å². The fourth-order valence-electron chi connectivity index (χ4n) is 1.96. The van der Waals surface area contributed by atoms with Gasteiger partial charge in [-0.3, -0.25) is 5.32 Å². The second-order valence-corrected chi connectivity index (χ2v) is 4.34. The van der Waals surface area contributed by atoms with Crippen molar-refractivity contribution < 1.29 is 4.79 Å². The van der Waals surface area contributed by atoms with E-state index in [0.29, 0.717) is 11.9 Å². The molecule has 0 aliphatic carbocycles. The predicted molar refractivity (Wildman–Crippen MR) is 63.4 cm³/mol. The molecule has 1 aliphatic rings. The van der Waals surface area contributed by atoms with Gasteiger partial charge in [0.2, 0.25) is 0 Å². The molecule has 0 saturated carbocycles. The quantitative estimate of drug-likeness (QED) is 0.788. The maximum absolute atomic E-state index is 11.9. The molecule has 1 N–H and O–H groups in total. The van der Waals surface area contributed by atoms with Gasteiger partial charge in [0.15, 0.2) is 0 Å². The number of aryl methyl sites for hydroxylation is 1. The highest BCUT2D eigenvalue weighted by molar-refractivity contribution is 5.88. The minimum Gasteiger partial charge on any atom is -0.322 e. The van der Waals surface area contributed by atoms with Crippen LogP contribution >= 0.6 is 0 Å². The first-order valence-corrected chi connectivity index (χ1v) is 5.67. The third-order valence-electron chi connectivity index (χ3n) is 2.96. The van der Waals surface area contributed by atoms with Crippen molar-refractivity contribution in [2.75, 3.05) is 11.9 Å². The molecule has 1 fully saturated rings. The molecule has 1 unspecified atom stereocenters. The van der Waals surface area contributed by atoms with Crippen LogP contribution in [0.5, 0.6) is 0 Å². The van der Waals surface area contributed by atoms with Gasteiger partial charge in [-0.1, -0.05) is 6.07 Å². The average Bonchev–Trinajstić information content (AvgIpc) is 2.68. The first-order valence-electron chi connectivity index (χ1n) is 5.67. The minimum absolute atomic E-state index is 0.0404. The van der Waals surface area contributed by atoms with Gasteiger partial charge in [0, 0.05) is 18.8 Å². The lowest BCUT2D eigenvalue weighted by atomic mass is 10.2. The molecule has 0 bridgehead atoms. The van der Waals surface area contributed by atoms with Crippen molar-refractivity contribution in [3.05, 3.63) is 23.9 Å². The van der Waals surface area contributed by atoms with E-state index in [2.05, 4.69) is 17.2 Å². The summed E-state index contributed by atoms with van der Waals surface area (Å²) in [5.41, 5.74) is 1.09. The average molecular weight is 219 g/mol. The number of aromatic nitrogens is 1. The van der Waals surface area contributed by atoms with Crippen molar-refractivity contribution >= 4 is 11.8 Å². The van der Waals surface area contributed by atoms with Crippen molar-refractivity contribution in [1.29, 1.82) is 0 Å². The van der Waals surface area contributed by atoms with Gasteiger partial charge in [0.05, 0.1) is 0 Å². The first kappa shape index (κ1) is 10.9. The lowest BCUT2D eigenvalue weighted by Gasteiger charge is -2.21. The van der Waals surface area contributed by atoms with Crippen LogP contribution in [0, 0.1) is 6.92 Å². The van der Waals surface area contributed by atoms with Crippen LogP contribution in [-0.4, -0.2) is 28.5 Å². The van der Waals surface area contributed by atoms with E-state index >= 15 is 0 Å². The number of urea groups is 1. The van der Waals surface area contributed by atoms with E-state index in [0.717, 1.165) is 24.9 Å². The molecule has 2 heterocycles. The molecular formula is C12H17N3O. The number of amides is 2.